The number of halogens is 2. The molecule has 0 fully saturated rings. The second-order valence-electron chi connectivity index (χ2n) is 4.89. The fourth-order valence-corrected chi connectivity index (χ4v) is 5.53. The Morgan fingerprint density at radius 2 is 2.00 bits per heavy atom. The minimum Gasteiger partial charge on any atom is -0.251 e. The van der Waals surface area contributed by atoms with Crippen molar-refractivity contribution in [2.24, 2.45) is 0 Å². The zero-order chi connectivity index (χ0) is 17.2. The molecule has 3 aromatic rings. The third kappa shape index (κ3) is 3.96. The highest BCUT2D eigenvalue weighted by molar-refractivity contribution is 7.89. The fourth-order valence-electron chi connectivity index (χ4n) is 2.17. The van der Waals surface area contributed by atoms with Gasteiger partial charge in [0, 0.05) is 0 Å². The quantitative estimate of drug-likeness (QED) is 0.685. The van der Waals surface area contributed by atoms with Crippen LogP contribution in [0.5, 0.6) is 0 Å². The zero-order valence-electron chi connectivity index (χ0n) is 12.1. The molecule has 0 saturated carbocycles. The average molecular weight is 403 g/mol. The highest BCUT2D eigenvalue weighted by atomic mass is 35.5. The van der Waals surface area contributed by atoms with Gasteiger partial charge in [-0.05, 0) is 11.6 Å². The molecule has 0 radical (unpaired) electrons. The maximum atomic E-state index is 12.7. The molecule has 0 amide bonds. The zero-order valence-corrected chi connectivity index (χ0v) is 15.3. The lowest BCUT2D eigenvalue weighted by molar-refractivity contribution is 0.482. The summed E-state index contributed by atoms with van der Waals surface area (Å²) < 4.78 is 30.0. The second kappa shape index (κ2) is 7.20. The summed E-state index contributed by atoms with van der Waals surface area (Å²) in [7, 11) is -3.84. The number of sulfonamides is 1. The Hall–Kier alpha value is -1.45. The summed E-state index contributed by atoms with van der Waals surface area (Å²) in [6.07, 6.45) is 2.92. The van der Waals surface area contributed by atoms with Gasteiger partial charge in [0.2, 0.25) is 10.0 Å². The fraction of sp³-hybridized carbons (Fsp3) is 0.143. The summed E-state index contributed by atoms with van der Waals surface area (Å²) in [4.78, 5) is 3.85. The van der Waals surface area contributed by atoms with Gasteiger partial charge in [0.15, 0.2) is 0 Å². The lowest BCUT2D eigenvalue weighted by atomic mass is 10.1. The number of hydrogen-bond donors (Lipinski definition) is 1. The van der Waals surface area contributed by atoms with Crippen LogP contribution in [0.25, 0.3) is 0 Å². The molecule has 10 heteroatoms. The van der Waals surface area contributed by atoms with E-state index < -0.39 is 16.1 Å². The molecule has 1 N–H and O–H groups in total. The Labute approximate surface area is 153 Å². The number of nitrogens with one attached hydrogen (secondary N) is 1. The van der Waals surface area contributed by atoms with Gasteiger partial charge < -0.3 is 0 Å². The van der Waals surface area contributed by atoms with Gasteiger partial charge in [0.05, 0.1) is 16.9 Å². The maximum absolute atomic E-state index is 12.7. The maximum Gasteiger partial charge on any atom is 0.243 e. The minimum atomic E-state index is -3.84. The molecule has 24 heavy (non-hydrogen) atoms. The highest BCUT2D eigenvalue weighted by Gasteiger charge is 2.26. The predicted octanol–water partition coefficient (Wildman–Crippen LogP) is 3.37. The van der Waals surface area contributed by atoms with Crippen molar-refractivity contribution in [2.75, 3.05) is 0 Å². The Morgan fingerprint density at radius 1 is 1.25 bits per heavy atom. The van der Waals surface area contributed by atoms with Gasteiger partial charge in [-0.25, -0.2) is 18.1 Å². The number of nitrogens with zero attached hydrogens (tertiary/aromatic N) is 3. The molecule has 126 valence electrons. The molecule has 0 aliphatic heterocycles. The van der Waals surface area contributed by atoms with E-state index in [2.05, 4.69) is 14.8 Å². The van der Waals surface area contributed by atoms with E-state index in [0.717, 1.165) is 16.9 Å². The van der Waals surface area contributed by atoms with E-state index >= 15 is 0 Å². The van der Waals surface area contributed by atoms with Crippen molar-refractivity contribution in [3.63, 3.8) is 0 Å². The molecular weight excluding hydrogens is 391 g/mol. The molecule has 0 bridgehead atoms. The molecule has 3 rings (SSSR count). The van der Waals surface area contributed by atoms with E-state index in [0.29, 0.717) is 10.9 Å². The van der Waals surface area contributed by atoms with Gasteiger partial charge in [-0.15, -0.1) is 11.3 Å². The van der Waals surface area contributed by atoms with E-state index in [-0.39, 0.29) is 9.23 Å². The van der Waals surface area contributed by atoms with Gasteiger partial charge in [0.1, 0.15) is 21.9 Å². The van der Waals surface area contributed by atoms with Crippen LogP contribution in [0, 0.1) is 0 Å². The van der Waals surface area contributed by atoms with Crippen molar-refractivity contribution in [3.05, 3.63) is 63.3 Å². The van der Waals surface area contributed by atoms with Crippen LogP contribution in [0.4, 0.5) is 0 Å². The first-order chi connectivity index (χ1) is 11.5. The van der Waals surface area contributed by atoms with Crippen molar-refractivity contribution < 1.29 is 8.42 Å². The van der Waals surface area contributed by atoms with Crippen LogP contribution in [0.1, 0.15) is 11.6 Å². The highest BCUT2D eigenvalue weighted by Crippen LogP contribution is 2.34. The third-order valence-electron chi connectivity index (χ3n) is 3.25. The van der Waals surface area contributed by atoms with Gasteiger partial charge in [0.25, 0.3) is 0 Å². The largest absolute Gasteiger partial charge is 0.251 e. The monoisotopic (exact) mass is 402 g/mol. The minimum absolute atomic E-state index is 0.0290. The lowest BCUT2D eigenvalue weighted by Gasteiger charge is -2.19. The summed E-state index contributed by atoms with van der Waals surface area (Å²) in [6.45, 7) is 0.290. The molecule has 0 spiro atoms. The molecule has 2 aromatic heterocycles. The molecule has 1 atom stereocenters. The van der Waals surface area contributed by atoms with Crippen molar-refractivity contribution >= 4 is 44.6 Å². The Balaban J connectivity index is 1.92. The molecule has 0 saturated heterocycles. The normalized spacial score (nSPS) is 13.1. The number of benzene rings is 1. The number of hydrogen-bond acceptors (Lipinski definition) is 5. The van der Waals surface area contributed by atoms with Crippen molar-refractivity contribution in [1.82, 2.24) is 19.5 Å². The molecule has 1 aromatic carbocycles. The third-order valence-corrected chi connectivity index (χ3v) is 6.48. The smallest absolute Gasteiger partial charge is 0.243 e. The summed E-state index contributed by atoms with van der Waals surface area (Å²) in [5, 5.41) is 4.03. The number of thiophene rings is 1. The number of rotatable bonds is 6. The molecular formula is C14H12Cl2N4O2S2. The van der Waals surface area contributed by atoms with Crippen molar-refractivity contribution in [3.8, 4) is 0 Å². The predicted molar refractivity (Wildman–Crippen MR) is 93.9 cm³/mol. The molecule has 1 unspecified atom stereocenters. The summed E-state index contributed by atoms with van der Waals surface area (Å²) >= 11 is 12.9. The van der Waals surface area contributed by atoms with E-state index in [1.54, 1.807) is 4.68 Å². The molecule has 6 nitrogen and oxygen atoms in total. The van der Waals surface area contributed by atoms with Crippen LogP contribution in [0.15, 0.2) is 53.9 Å². The van der Waals surface area contributed by atoms with Gasteiger partial charge in [-0.1, -0.05) is 53.5 Å². The topological polar surface area (TPSA) is 76.9 Å². The molecule has 0 aliphatic carbocycles. The second-order valence-corrected chi connectivity index (χ2v) is 8.86. The van der Waals surface area contributed by atoms with Gasteiger partial charge >= 0.3 is 0 Å². The van der Waals surface area contributed by atoms with Crippen molar-refractivity contribution in [1.29, 1.82) is 0 Å². The first kappa shape index (κ1) is 17.4. The van der Waals surface area contributed by atoms with Gasteiger partial charge in [-0.3, -0.25) is 4.68 Å². The Kier molecular flexibility index (Phi) is 5.21. The Bertz CT molecular complexity index is 912. The number of aromatic nitrogens is 3. The standard InChI is InChI=1S/C14H12Cl2N4O2S2/c15-13-6-12(14(16)23-13)24(21,22)19-11(7-20-9-17-8-18-20)10-4-2-1-3-5-10/h1-6,8-9,11,19H,7H2. The van der Waals surface area contributed by atoms with Crippen LogP contribution in [0.2, 0.25) is 8.67 Å². The Morgan fingerprint density at radius 3 is 2.58 bits per heavy atom. The first-order valence-corrected chi connectivity index (χ1v) is 9.86. The lowest BCUT2D eigenvalue weighted by Crippen LogP contribution is -2.31. The van der Waals surface area contributed by atoms with Gasteiger partial charge in [-0.2, -0.15) is 5.10 Å². The van der Waals surface area contributed by atoms with E-state index in [1.165, 1.54) is 18.7 Å². The van der Waals surface area contributed by atoms with Crippen LogP contribution in [-0.2, 0) is 16.6 Å². The summed E-state index contributed by atoms with van der Waals surface area (Å²) in [5.74, 6) is 0. The molecule has 2 heterocycles. The average Bonchev–Trinajstić information content (AvgIpc) is 3.17. The van der Waals surface area contributed by atoms with Crippen LogP contribution < -0.4 is 4.72 Å². The summed E-state index contributed by atoms with van der Waals surface area (Å²) in [6, 6.07) is 10.0. The van der Waals surface area contributed by atoms with E-state index in [4.69, 9.17) is 23.2 Å². The van der Waals surface area contributed by atoms with Crippen LogP contribution in [-0.4, -0.2) is 23.2 Å². The van der Waals surface area contributed by atoms with E-state index in [9.17, 15) is 8.42 Å². The van der Waals surface area contributed by atoms with Crippen LogP contribution in [0.3, 0.4) is 0 Å². The van der Waals surface area contributed by atoms with Crippen molar-refractivity contribution in [2.45, 2.75) is 17.5 Å². The van der Waals surface area contributed by atoms with E-state index in [1.807, 2.05) is 30.3 Å². The first-order valence-electron chi connectivity index (χ1n) is 6.80. The SMILES string of the molecule is O=S(=O)(NC(Cn1cncn1)c1ccccc1)c1cc(Cl)sc1Cl. The van der Waals surface area contributed by atoms with Crippen LogP contribution >= 0.6 is 34.5 Å². The summed E-state index contributed by atoms with van der Waals surface area (Å²) in [5.41, 5.74) is 0.800. The molecule has 0 aliphatic rings.